The number of methoxy groups -OCH3 is 1. The molecule has 1 N–H and O–H groups in total. The second kappa shape index (κ2) is 5.75. The van der Waals surface area contributed by atoms with Crippen LogP contribution in [-0.4, -0.2) is 12.2 Å². The Balaban J connectivity index is 2.09. The lowest BCUT2D eigenvalue weighted by atomic mass is 10.1. The lowest BCUT2D eigenvalue weighted by molar-refractivity contribution is 0.218. The van der Waals surface area contributed by atoms with E-state index in [1.54, 1.807) is 6.07 Å². The zero-order valence-electron chi connectivity index (χ0n) is 11.1. The molecule has 0 aliphatic rings. The van der Waals surface area contributed by atoms with Crippen molar-refractivity contribution < 1.29 is 14.2 Å². The third kappa shape index (κ3) is 2.69. The van der Waals surface area contributed by atoms with Crippen molar-refractivity contribution >= 4 is 37.4 Å². The summed E-state index contributed by atoms with van der Waals surface area (Å²) in [6.07, 6.45) is -0.853. The first-order chi connectivity index (χ1) is 10.1. The van der Waals surface area contributed by atoms with Gasteiger partial charge in [0.25, 0.3) is 0 Å². The lowest BCUT2D eigenvalue weighted by Crippen LogP contribution is -2.01. The van der Waals surface area contributed by atoms with Gasteiger partial charge in [-0.2, -0.15) is 0 Å². The largest absolute Gasteiger partial charge is 0.496 e. The van der Waals surface area contributed by atoms with Crippen LogP contribution in [0.2, 0.25) is 0 Å². The molecule has 0 bridgehead atoms. The quantitative estimate of drug-likeness (QED) is 0.714. The number of benzene rings is 2. The van der Waals surface area contributed by atoms with Gasteiger partial charge in [0.2, 0.25) is 0 Å². The monoisotopic (exact) mass is 366 g/mol. The SMILES string of the molecule is COc1cc(F)c(Br)cc1C(O)c1cc2ccccc2s1. The molecule has 0 radical (unpaired) electrons. The van der Waals surface area contributed by atoms with E-state index in [-0.39, 0.29) is 0 Å². The first kappa shape index (κ1) is 14.5. The molecule has 1 aromatic heterocycles. The summed E-state index contributed by atoms with van der Waals surface area (Å²) >= 11 is 4.66. The van der Waals surface area contributed by atoms with Crippen molar-refractivity contribution in [3.63, 3.8) is 0 Å². The van der Waals surface area contributed by atoms with Crippen LogP contribution in [0, 0.1) is 5.82 Å². The lowest BCUT2D eigenvalue weighted by Gasteiger charge is -2.14. The third-order valence-corrected chi connectivity index (χ3v) is 5.06. The van der Waals surface area contributed by atoms with E-state index in [4.69, 9.17) is 4.74 Å². The maximum Gasteiger partial charge on any atom is 0.141 e. The summed E-state index contributed by atoms with van der Waals surface area (Å²) < 4.78 is 20.2. The maximum absolute atomic E-state index is 13.6. The minimum absolute atomic E-state index is 0.304. The molecule has 1 atom stereocenters. The normalized spacial score (nSPS) is 12.6. The Kier molecular flexibility index (Phi) is 3.97. The predicted molar refractivity (Wildman–Crippen MR) is 86.5 cm³/mol. The van der Waals surface area contributed by atoms with Gasteiger partial charge >= 0.3 is 0 Å². The van der Waals surface area contributed by atoms with E-state index in [9.17, 15) is 9.50 Å². The van der Waals surface area contributed by atoms with Crippen molar-refractivity contribution in [1.82, 2.24) is 0 Å². The van der Waals surface area contributed by atoms with Gasteiger partial charge in [-0.3, -0.25) is 0 Å². The molecule has 3 rings (SSSR count). The van der Waals surface area contributed by atoms with E-state index in [0.717, 1.165) is 15.0 Å². The molecule has 0 aliphatic carbocycles. The second-order valence-corrected chi connectivity index (χ2v) is 6.57. The van der Waals surface area contributed by atoms with Crippen LogP contribution in [0.1, 0.15) is 16.5 Å². The molecule has 21 heavy (non-hydrogen) atoms. The Morgan fingerprint density at radius 3 is 2.71 bits per heavy atom. The fourth-order valence-corrected chi connectivity index (χ4v) is 3.66. The van der Waals surface area contributed by atoms with Crippen molar-refractivity contribution in [2.75, 3.05) is 7.11 Å². The molecule has 1 unspecified atom stereocenters. The molecule has 0 amide bonds. The van der Waals surface area contributed by atoms with Crippen LogP contribution in [0.25, 0.3) is 10.1 Å². The Morgan fingerprint density at radius 2 is 2.00 bits per heavy atom. The number of thiophene rings is 1. The van der Waals surface area contributed by atoms with Gasteiger partial charge in [0.1, 0.15) is 17.7 Å². The number of rotatable bonds is 3. The minimum Gasteiger partial charge on any atom is -0.496 e. The summed E-state index contributed by atoms with van der Waals surface area (Å²) in [5.41, 5.74) is 0.539. The number of aliphatic hydroxyl groups is 1. The number of hydrogen-bond donors (Lipinski definition) is 1. The zero-order valence-corrected chi connectivity index (χ0v) is 13.5. The Hall–Kier alpha value is -1.43. The topological polar surface area (TPSA) is 29.5 Å². The summed E-state index contributed by atoms with van der Waals surface area (Å²) in [5, 5.41) is 11.7. The van der Waals surface area contributed by atoms with Gasteiger partial charge in [0.15, 0.2) is 0 Å². The van der Waals surface area contributed by atoms with Crippen molar-refractivity contribution in [2.45, 2.75) is 6.10 Å². The third-order valence-electron chi connectivity index (χ3n) is 3.28. The van der Waals surface area contributed by atoms with Gasteiger partial charge in [-0.05, 0) is 39.5 Å². The minimum atomic E-state index is -0.853. The van der Waals surface area contributed by atoms with Crippen LogP contribution in [0.3, 0.4) is 0 Å². The molecule has 1 heterocycles. The summed E-state index contributed by atoms with van der Waals surface area (Å²) in [6.45, 7) is 0. The second-order valence-electron chi connectivity index (χ2n) is 4.60. The number of fused-ring (bicyclic) bond motifs is 1. The summed E-state index contributed by atoms with van der Waals surface area (Å²) in [7, 11) is 1.46. The molecule has 3 aromatic rings. The predicted octanol–water partition coefficient (Wildman–Crippen LogP) is 4.89. The van der Waals surface area contributed by atoms with Gasteiger partial charge in [-0.25, -0.2) is 4.39 Å². The van der Waals surface area contributed by atoms with Gasteiger partial charge < -0.3 is 9.84 Å². The first-order valence-corrected chi connectivity index (χ1v) is 7.90. The standard InChI is InChI=1S/C16H12BrFO2S/c1-20-13-8-12(18)11(17)7-10(13)16(19)15-6-9-4-2-3-5-14(9)21-15/h2-8,16,19H,1H3. The van der Waals surface area contributed by atoms with Crippen molar-refractivity contribution in [3.8, 4) is 5.75 Å². The average molecular weight is 367 g/mol. The fraction of sp³-hybridized carbons (Fsp3) is 0.125. The molecular weight excluding hydrogens is 355 g/mol. The van der Waals surface area contributed by atoms with Crippen LogP contribution in [0.5, 0.6) is 5.75 Å². The highest BCUT2D eigenvalue weighted by Crippen LogP contribution is 2.38. The molecule has 0 saturated heterocycles. The van der Waals surface area contributed by atoms with E-state index in [2.05, 4.69) is 15.9 Å². The van der Waals surface area contributed by atoms with Gasteiger partial charge in [0.05, 0.1) is 11.6 Å². The molecule has 0 spiro atoms. The zero-order chi connectivity index (χ0) is 15.0. The Bertz CT molecular complexity index is 767. The molecular formula is C16H12BrFO2S. The Labute approximate surface area is 133 Å². The van der Waals surface area contributed by atoms with Gasteiger partial charge in [-0.1, -0.05) is 18.2 Å². The van der Waals surface area contributed by atoms with Crippen molar-refractivity contribution in [3.05, 3.63) is 63.2 Å². The smallest absolute Gasteiger partial charge is 0.141 e. The molecule has 108 valence electrons. The summed E-state index contributed by atoms with van der Waals surface area (Å²) in [4.78, 5) is 0.799. The van der Waals surface area contributed by atoms with E-state index >= 15 is 0 Å². The number of hydrogen-bond acceptors (Lipinski definition) is 3. The molecule has 2 nitrogen and oxygen atoms in total. The molecule has 0 saturated carbocycles. The highest BCUT2D eigenvalue weighted by molar-refractivity contribution is 9.10. The fourth-order valence-electron chi connectivity index (χ4n) is 2.22. The number of aliphatic hydroxyl groups excluding tert-OH is 1. The van der Waals surface area contributed by atoms with Crippen LogP contribution in [0.4, 0.5) is 4.39 Å². The number of ether oxygens (including phenoxy) is 1. The molecule has 5 heteroatoms. The van der Waals surface area contributed by atoms with Gasteiger partial charge in [0, 0.05) is 21.2 Å². The van der Waals surface area contributed by atoms with Crippen LogP contribution < -0.4 is 4.74 Å². The van der Waals surface area contributed by atoms with E-state index in [0.29, 0.717) is 15.8 Å². The Morgan fingerprint density at radius 1 is 1.24 bits per heavy atom. The highest BCUT2D eigenvalue weighted by atomic mass is 79.9. The average Bonchev–Trinajstić information content (AvgIpc) is 2.92. The molecule has 2 aromatic carbocycles. The first-order valence-electron chi connectivity index (χ1n) is 6.29. The van der Waals surface area contributed by atoms with Gasteiger partial charge in [-0.15, -0.1) is 11.3 Å². The highest BCUT2D eigenvalue weighted by Gasteiger charge is 2.20. The van der Waals surface area contributed by atoms with E-state index in [1.807, 2.05) is 30.3 Å². The van der Waals surface area contributed by atoms with E-state index < -0.39 is 11.9 Å². The van der Waals surface area contributed by atoms with Crippen LogP contribution >= 0.6 is 27.3 Å². The summed E-state index contributed by atoms with van der Waals surface area (Å²) in [6, 6.07) is 12.7. The molecule has 0 fully saturated rings. The van der Waals surface area contributed by atoms with Crippen molar-refractivity contribution in [1.29, 1.82) is 0 Å². The van der Waals surface area contributed by atoms with Crippen LogP contribution in [0.15, 0.2) is 46.9 Å². The van der Waals surface area contributed by atoms with Crippen molar-refractivity contribution in [2.24, 2.45) is 0 Å². The van der Waals surface area contributed by atoms with E-state index in [1.165, 1.54) is 24.5 Å². The molecule has 0 aliphatic heterocycles. The van der Waals surface area contributed by atoms with Crippen LogP contribution in [-0.2, 0) is 0 Å². The maximum atomic E-state index is 13.6. The number of halogens is 2. The summed E-state index contributed by atoms with van der Waals surface area (Å²) in [5.74, 6) is -0.0835.